The Morgan fingerprint density at radius 2 is 1.77 bits per heavy atom. The summed E-state index contributed by atoms with van der Waals surface area (Å²) >= 11 is 0. The maximum Gasteiger partial charge on any atom is 0.425 e. The lowest BCUT2D eigenvalue weighted by Gasteiger charge is -2.35. The summed E-state index contributed by atoms with van der Waals surface area (Å²) in [6.07, 6.45) is -7.07. The lowest BCUT2D eigenvalue weighted by molar-refractivity contribution is -0.186. The zero-order chi connectivity index (χ0) is 22.5. The highest BCUT2D eigenvalue weighted by atomic mass is 19.4. The van der Waals surface area contributed by atoms with Crippen LogP contribution in [-0.4, -0.2) is 36.1 Å². The SMILES string of the molecule is CCOC(=O)NC1(C(F)(F)F)C(=O)N(c2ccc(F)cc2)C2=C1C(=O)CC(C)(C)C2. The van der Waals surface area contributed by atoms with Crippen molar-refractivity contribution in [3.8, 4) is 0 Å². The first-order valence-electron chi connectivity index (χ1n) is 9.22. The Labute approximate surface area is 169 Å². The Morgan fingerprint density at radius 3 is 2.30 bits per heavy atom. The van der Waals surface area contributed by atoms with Gasteiger partial charge in [0.2, 0.25) is 5.54 Å². The van der Waals surface area contributed by atoms with Crippen LogP contribution in [0.3, 0.4) is 0 Å². The number of Topliss-reactive ketones (excluding diaryl/α,β-unsaturated/α-hetero) is 1. The number of alkyl halides is 3. The van der Waals surface area contributed by atoms with Gasteiger partial charge in [0.05, 0.1) is 12.2 Å². The quantitative estimate of drug-likeness (QED) is 0.742. The molecule has 30 heavy (non-hydrogen) atoms. The number of carbonyl (C=O) groups excluding carboxylic acids is 3. The molecule has 162 valence electrons. The van der Waals surface area contributed by atoms with Crippen LogP contribution in [0.25, 0.3) is 0 Å². The average Bonchev–Trinajstić information content (AvgIpc) is 2.84. The maximum absolute atomic E-state index is 14.4. The molecule has 1 aliphatic heterocycles. The van der Waals surface area contributed by atoms with Gasteiger partial charge >= 0.3 is 12.3 Å². The molecule has 1 aromatic carbocycles. The number of amides is 2. The lowest BCUT2D eigenvalue weighted by Crippen LogP contribution is -2.66. The highest BCUT2D eigenvalue weighted by Crippen LogP contribution is 2.52. The fourth-order valence-electron chi connectivity index (χ4n) is 3.94. The normalized spacial score (nSPS) is 23.5. The molecule has 10 heteroatoms. The van der Waals surface area contributed by atoms with Crippen LogP contribution < -0.4 is 10.2 Å². The summed E-state index contributed by atoms with van der Waals surface area (Å²) in [5, 5.41) is 1.62. The molecule has 0 aromatic heterocycles. The Morgan fingerprint density at radius 1 is 1.17 bits per heavy atom. The van der Waals surface area contributed by atoms with Gasteiger partial charge in [0.15, 0.2) is 5.78 Å². The Hall–Kier alpha value is -2.91. The maximum atomic E-state index is 14.4. The monoisotopic (exact) mass is 428 g/mol. The summed E-state index contributed by atoms with van der Waals surface area (Å²) in [7, 11) is 0. The molecule has 0 saturated carbocycles. The van der Waals surface area contributed by atoms with E-state index in [1.54, 1.807) is 19.2 Å². The largest absolute Gasteiger partial charge is 0.450 e. The second-order valence-corrected chi connectivity index (χ2v) is 7.97. The van der Waals surface area contributed by atoms with Crippen LogP contribution in [0.2, 0.25) is 0 Å². The number of ketones is 1. The highest BCUT2D eigenvalue weighted by molar-refractivity contribution is 6.20. The molecule has 0 fully saturated rings. The lowest BCUT2D eigenvalue weighted by atomic mass is 9.72. The molecule has 1 heterocycles. The van der Waals surface area contributed by atoms with Crippen molar-refractivity contribution in [1.82, 2.24) is 5.32 Å². The minimum absolute atomic E-state index is 0.0282. The number of carbonyl (C=O) groups is 3. The summed E-state index contributed by atoms with van der Waals surface area (Å²) < 4.78 is 61.1. The van der Waals surface area contributed by atoms with Gasteiger partial charge in [-0.15, -0.1) is 0 Å². The van der Waals surface area contributed by atoms with Gasteiger partial charge in [-0.25, -0.2) is 9.18 Å². The van der Waals surface area contributed by atoms with Gasteiger partial charge in [-0.2, -0.15) is 13.2 Å². The van der Waals surface area contributed by atoms with Crippen LogP contribution in [-0.2, 0) is 14.3 Å². The minimum Gasteiger partial charge on any atom is -0.450 e. The smallest absolute Gasteiger partial charge is 0.425 e. The Kier molecular flexibility index (Phi) is 5.16. The molecule has 2 amide bonds. The molecular formula is C20H20F4N2O4. The van der Waals surface area contributed by atoms with E-state index in [0.717, 1.165) is 29.2 Å². The van der Waals surface area contributed by atoms with E-state index in [-0.39, 0.29) is 30.8 Å². The number of allylic oxidation sites excluding steroid dienone is 1. The topological polar surface area (TPSA) is 75.7 Å². The number of hydrogen-bond acceptors (Lipinski definition) is 4. The number of nitrogens with zero attached hydrogens (tertiary/aromatic N) is 1. The second-order valence-electron chi connectivity index (χ2n) is 7.97. The van der Waals surface area contributed by atoms with E-state index in [9.17, 15) is 31.9 Å². The van der Waals surface area contributed by atoms with E-state index in [1.807, 2.05) is 0 Å². The molecule has 0 bridgehead atoms. The van der Waals surface area contributed by atoms with Crippen molar-refractivity contribution < 1.29 is 36.7 Å². The predicted octanol–water partition coefficient (Wildman–Crippen LogP) is 3.86. The molecular weight excluding hydrogens is 408 g/mol. The summed E-state index contributed by atoms with van der Waals surface area (Å²) in [5.41, 5.74) is -5.34. The van der Waals surface area contributed by atoms with Gasteiger partial charge in [0, 0.05) is 17.8 Å². The third kappa shape index (κ3) is 3.33. The number of anilines is 1. The third-order valence-electron chi connectivity index (χ3n) is 5.10. The minimum atomic E-state index is -5.33. The number of benzene rings is 1. The Bertz CT molecular complexity index is 937. The molecule has 6 nitrogen and oxygen atoms in total. The predicted molar refractivity (Wildman–Crippen MR) is 97.9 cm³/mol. The first-order chi connectivity index (χ1) is 13.8. The van der Waals surface area contributed by atoms with Gasteiger partial charge in [-0.3, -0.25) is 19.8 Å². The van der Waals surface area contributed by atoms with Crippen molar-refractivity contribution in [2.45, 2.75) is 45.3 Å². The number of rotatable bonds is 3. The van der Waals surface area contributed by atoms with Crippen LogP contribution in [0.4, 0.5) is 28.0 Å². The second kappa shape index (κ2) is 7.10. The van der Waals surface area contributed by atoms with Gasteiger partial charge in [0.1, 0.15) is 5.82 Å². The van der Waals surface area contributed by atoms with Gasteiger partial charge in [-0.1, -0.05) is 13.8 Å². The van der Waals surface area contributed by atoms with Crippen LogP contribution in [0.5, 0.6) is 0 Å². The first kappa shape index (κ1) is 21.8. The van der Waals surface area contributed by atoms with Crippen molar-refractivity contribution >= 4 is 23.5 Å². The van der Waals surface area contributed by atoms with Crippen molar-refractivity contribution in [3.63, 3.8) is 0 Å². The summed E-state index contributed by atoms with van der Waals surface area (Å²) in [4.78, 5) is 38.9. The fourth-order valence-corrected chi connectivity index (χ4v) is 3.94. The van der Waals surface area contributed by atoms with Gasteiger partial charge in [0.25, 0.3) is 5.91 Å². The molecule has 3 rings (SSSR count). The molecule has 1 aromatic rings. The van der Waals surface area contributed by atoms with Crippen LogP contribution in [0, 0.1) is 11.2 Å². The number of alkyl carbamates (subject to hydrolysis) is 1. The summed E-state index contributed by atoms with van der Waals surface area (Å²) in [6, 6.07) is 4.26. The van der Waals surface area contributed by atoms with E-state index in [2.05, 4.69) is 4.74 Å². The van der Waals surface area contributed by atoms with Crippen molar-refractivity contribution in [1.29, 1.82) is 0 Å². The molecule has 1 N–H and O–H groups in total. The van der Waals surface area contributed by atoms with Crippen LogP contribution >= 0.6 is 0 Å². The molecule has 1 aliphatic carbocycles. The zero-order valence-electron chi connectivity index (χ0n) is 16.5. The molecule has 0 radical (unpaired) electrons. The van der Waals surface area contributed by atoms with Crippen molar-refractivity contribution in [2.75, 3.05) is 11.5 Å². The zero-order valence-corrected chi connectivity index (χ0v) is 16.5. The average molecular weight is 428 g/mol. The number of nitrogens with one attached hydrogen (secondary N) is 1. The number of hydrogen-bond donors (Lipinski definition) is 1. The van der Waals surface area contributed by atoms with Crippen molar-refractivity contribution in [3.05, 3.63) is 41.4 Å². The van der Waals surface area contributed by atoms with E-state index >= 15 is 0 Å². The molecule has 0 spiro atoms. The standard InChI is InChI=1S/C20H20F4N2O4/c1-4-30-17(29)25-19(20(22,23)24)15-13(9-18(2,3)10-14(15)27)26(16(19)28)12-7-5-11(21)6-8-12/h5-8H,4,9-10H2,1-3H3,(H,25,29). The van der Waals surface area contributed by atoms with Crippen LogP contribution in [0.1, 0.15) is 33.6 Å². The van der Waals surface area contributed by atoms with E-state index in [1.165, 1.54) is 6.92 Å². The van der Waals surface area contributed by atoms with Gasteiger partial charge < -0.3 is 4.74 Å². The van der Waals surface area contributed by atoms with E-state index < -0.39 is 46.3 Å². The molecule has 2 aliphatic rings. The third-order valence-corrected chi connectivity index (χ3v) is 5.10. The van der Waals surface area contributed by atoms with Crippen LogP contribution in [0.15, 0.2) is 35.5 Å². The number of halogens is 4. The first-order valence-corrected chi connectivity index (χ1v) is 9.22. The molecule has 1 atom stereocenters. The van der Waals surface area contributed by atoms with Crippen molar-refractivity contribution in [2.24, 2.45) is 5.41 Å². The Balaban J connectivity index is 2.28. The summed E-state index contributed by atoms with van der Waals surface area (Å²) in [5.74, 6) is -3.11. The fraction of sp³-hybridized carbons (Fsp3) is 0.450. The van der Waals surface area contributed by atoms with Gasteiger partial charge in [-0.05, 0) is 43.0 Å². The number of ether oxygens (including phenoxy) is 1. The molecule has 1 unspecified atom stereocenters. The molecule has 0 saturated heterocycles. The highest BCUT2D eigenvalue weighted by Gasteiger charge is 2.72. The van der Waals surface area contributed by atoms with E-state index in [0.29, 0.717) is 0 Å². The summed E-state index contributed by atoms with van der Waals surface area (Å²) in [6.45, 7) is 4.53. The van der Waals surface area contributed by atoms with E-state index in [4.69, 9.17) is 0 Å².